The molecule has 0 aromatic heterocycles. The van der Waals surface area contributed by atoms with E-state index in [9.17, 15) is 0 Å². The van der Waals surface area contributed by atoms with Crippen LogP contribution in [0.25, 0.3) is 0 Å². The van der Waals surface area contributed by atoms with Gasteiger partial charge in [0.15, 0.2) is 0 Å². The summed E-state index contributed by atoms with van der Waals surface area (Å²) in [6.45, 7) is 5.48. The van der Waals surface area contributed by atoms with Gasteiger partial charge in [0, 0.05) is 0 Å². The van der Waals surface area contributed by atoms with Crippen LogP contribution in [0.4, 0.5) is 0 Å². The normalized spacial score (nSPS) is 9.12. The van der Waals surface area contributed by atoms with Gasteiger partial charge in [0.2, 0.25) is 0 Å². The summed E-state index contributed by atoms with van der Waals surface area (Å²) in [6, 6.07) is 0. The average molecular weight is 108 g/mol. The molecule has 0 unspecified atom stereocenters. The van der Waals surface area contributed by atoms with E-state index in [1.165, 1.54) is 0 Å². The average Bonchev–Trinajstić information content (AvgIpc) is 1.81. The van der Waals surface area contributed by atoms with Gasteiger partial charge in [-0.15, -0.1) is 5.73 Å². The van der Waals surface area contributed by atoms with Crippen LogP contribution in [-0.2, 0) is 0 Å². The summed E-state index contributed by atoms with van der Waals surface area (Å²) in [5.41, 5.74) is 2.72. The van der Waals surface area contributed by atoms with E-state index in [0.29, 0.717) is 0 Å². The molecule has 0 nitrogen and oxygen atoms in total. The van der Waals surface area contributed by atoms with Crippen LogP contribution >= 0.6 is 0 Å². The lowest BCUT2D eigenvalue weighted by molar-refractivity contribution is 1.05. The maximum absolute atomic E-state index is 3.45. The number of unbranched alkanes of at least 4 members (excludes halogenated alkanes) is 1. The smallest absolute Gasteiger partial charge is 0.0240 e. The second kappa shape index (κ2) is 6.26. The van der Waals surface area contributed by atoms with Crippen LogP contribution in [0.5, 0.6) is 0 Å². The van der Waals surface area contributed by atoms with Gasteiger partial charge in [0.1, 0.15) is 0 Å². The van der Waals surface area contributed by atoms with Crippen LogP contribution in [0.2, 0.25) is 0 Å². The first kappa shape index (κ1) is 7.26. The van der Waals surface area contributed by atoms with Gasteiger partial charge in [-0.25, -0.2) is 0 Å². The maximum Gasteiger partial charge on any atom is -0.0240 e. The number of rotatable bonds is 3. The number of hydrogen-bond acceptors (Lipinski definition) is 0. The van der Waals surface area contributed by atoms with Crippen molar-refractivity contribution < 1.29 is 0 Å². The summed E-state index contributed by atoms with van der Waals surface area (Å²) in [5.74, 6) is 0. The van der Waals surface area contributed by atoms with Crippen LogP contribution < -0.4 is 0 Å². The Hall–Kier alpha value is -0.740. The Morgan fingerprint density at radius 2 is 2.25 bits per heavy atom. The van der Waals surface area contributed by atoms with Crippen LogP contribution in [0.15, 0.2) is 30.5 Å². The lowest BCUT2D eigenvalue weighted by Gasteiger charge is -1.79. The highest BCUT2D eigenvalue weighted by Crippen LogP contribution is 1.89. The van der Waals surface area contributed by atoms with Gasteiger partial charge in [-0.3, -0.25) is 0 Å². The van der Waals surface area contributed by atoms with Crippen LogP contribution in [-0.4, -0.2) is 0 Å². The third-order valence-electron chi connectivity index (χ3n) is 0.858. The molecule has 0 fully saturated rings. The Kier molecular flexibility index (Phi) is 5.68. The van der Waals surface area contributed by atoms with E-state index in [2.05, 4.69) is 24.5 Å². The summed E-state index contributed by atoms with van der Waals surface area (Å²) in [4.78, 5) is 0. The third kappa shape index (κ3) is 5.26. The molecule has 0 radical (unpaired) electrons. The summed E-state index contributed by atoms with van der Waals surface area (Å²) < 4.78 is 0. The molecule has 0 aromatic rings. The van der Waals surface area contributed by atoms with Gasteiger partial charge in [-0.1, -0.05) is 18.7 Å². The van der Waals surface area contributed by atoms with Gasteiger partial charge in [0.05, 0.1) is 0 Å². The molecule has 0 atom stereocenters. The molecule has 0 aliphatic heterocycles. The van der Waals surface area contributed by atoms with Crippen molar-refractivity contribution in [1.82, 2.24) is 0 Å². The molecule has 8 heavy (non-hydrogen) atoms. The standard InChI is InChI=1S/C8H12/c1-3-5-7-8-6-4-2/h4-6H,1,7-8H2,2H3. The zero-order chi connectivity index (χ0) is 6.24. The van der Waals surface area contributed by atoms with Gasteiger partial charge < -0.3 is 0 Å². The Morgan fingerprint density at radius 3 is 2.75 bits per heavy atom. The lowest BCUT2D eigenvalue weighted by atomic mass is 10.3. The minimum Gasteiger partial charge on any atom is -0.133 e. The van der Waals surface area contributed by atoms with Crippen molar-refractivity contribution in [2.45, 2.75) is 19.8 Å². The van der Waals surface area contributed by atoms with Crippen LogP contribution in [0, 0.1) is 0 Å². The summed E-state index contributed by atoms with van der Waals surface area (Å²) >= 11 is 0. The predicted molar refractivity (Wildman–Crippen MR) is 37.8 cm³/mol. The summed E-state index contributed by atoms with van der Waals surface area (Å²) in [7, 11) is 0. The zero-order valence-corrected chi connectivity index (χ0v) is 5.35. The van der Waals surface area contributed by atoms with Crippen molar-refractivity contribution in [2.75, 3.05) is 0 Å². The van der Waals surface area contributed by atoms with Crippen molar-refractivity contribution >= 4 is 0 Å². The number of allylic oxidation sites excluding steroid dienone is 3. The van der Waals surface area contributed by atoms with Crippen molar-refractivity contribution in [1.29, 1.82) is 0 Å². The van der Waals surface area contributed by atoms with Crippen LogP contribution in [0.1, 0.15) is 19.8 Å². The first-order chi connectivity index (χ1) is 3.91. The van der Waals surface area contributed by atoms with Crippen molar-refractivity contribution in [2.24, 2.45) is 0 Å². The van der Waals surface area contributed by atoms with E-state index in [4.69, 9.17) is 0 Å². The molecule has 0 saturated carbocycles. The fourth-order valence-corrected chi connectivity index (χ4v) is 0.448. The quantitative estimate of drug-likeness (QED) is 0.296. The molecule has 0 bridgehead atoms. The Bertz CT molecular complexity index is 103. The first-order valence-electron chi connectivity index (χ1n) is 2.87. The van der Waals surface area contributed by atoms with E-state index < -0.39 is 0 Å². The van der Waals surface area contributed by atoms with E-state index in [1.807, 2.05) is 13.0 Å². The Labute approximate surface area is 51.2 Å². The second-order valence-corrected chi connectivity index (χ2v) is 1.55. The molecule has 0 spiro atoms. The molecule has 0 amide bonds. The number of hydrogen-bond donors (Lipinski definition) is 0. The van der Waals surface area contributed by atoms with Crippen LogP contribution in [0.3, 0.4) is 0 Å². The minimum atomic E-state index is 1.06. The summed E-state index contributed by atoms with van der Waals surface area (Å²) in [5, 5.41) is 0. The van der Waals surface area contributed by atoms with E-state index >= 15 is 0 Å². The van der Waals surface area contributed by atoms with E-state index in [0.717, 1.165) is 12.8 Å². The minimum absolute atomic E-state index is 1.06. The van der Waals surface area contributed by atoms with Crippen molar-refractivity contribution in [3.63, 3.8) is 0 Å². The Morgan fingerprint density at radius 1 is 1.50 bits per heavy atom. The molecule has 0 aliphatic rings. The lowest BCUT2D eigenvalue weighted by Crippen LogP contribution is -1.59. The zero-order valence-electron chi connectivity index (χ0n) is 5.35. The largest absolute Gasteiger partial charge is 0.133 e. The fourth-order valence-electron chi connectivity index (χ4n) is 0.448. The highest BCUT2D eigenvalue weighted by molar-refractivity contribution is 4.83. The first-order valence-corrected chi connectivity index (χ1v) is 2.87. The van der Waals surface area contributed by atoms with Gasteiger partial charge >= 0.3 is 0 Å². The molecule has 0 rings (SSSR count). The molecule has 0 heteroatoms. The predicted octanol–water partition coefficient (Wildman–Crippen LogP) is 2.68. The summed E-state index contributed by atoms with van der Waals surface area (Å²) in [6.07, 6.45) is 8.30. The SMILES string of the molecule is C=C=CCCC=CC. The maximum atomic E-state index is 3.45. The van der Waals surface area contributed by atoms with Crippen molar-refractivity contribution in [3.05, 3.63) is 30.5 Å². The highest BCUT2D eigenvalue weighted by Gasteiger charge is 1.70. The third-order valence-corrected chi connectivity index (χ3v) is 0.858. The van der Waals surface area contributed by atoms with Gasteiger partial charge in [-0.05, 0) is 25.8 Å². The topological polar surface area (TPSA) is 0 Å². The molecule has 0 N–H and O–H groups in total. The monoisotopic (exact) mass is 108 g/mol. The molecule has 0 heterocycles. The second-order valence-electron chi connectivity index (χ2n) is 1.55. The molecular formula is C8H12. The molecule has 0 aliphatic carbocycles. The Balaban J connectivity index is 3.05. The highest BCUT2D eigenvalue weighted by atomic mass is 13.8. The molecule has 44 valence electrons. The van der Waals surface area contributed by atoms with Gasteiger partial charge in [0.25, 0.3) is 0 Å². The fraction of sp³-hybridized carbons (Fsp3) is 0.375. The van der Waals surface area contributed by atoms with Gasteiger partial charge in [-0.2, -0.15) is 0 Å². The molecule has 0 saturated heterocycles. The molecular weight excluding hydrogens is 96.1 g/mol. The van der Waals surface area contributed by atoms with E-state index in [1.54, 1.807) is 0 Å². The molecule has 0 aromatic carbocycles. The van der Waals surface area contributed by atoms with E-state index in [-0.39, 0.29) is 0 Å². The van der Waals surface area contributed by atoms with Crippen molar-refractivity contribution in [3.8, 4) is 0 Å².